The van der Waals surface area contributed by atoms with E-state index >= 15 is 0 Å². The molecule has 0 bridgehead atoms. The van der Waals surface area contributed by atoms with Crippen LogP contribution in [0.25, 0.3) is 0 Å². The first-order chi connectivity index (χ1) is 7.69. The highest BCUT2D eigenvalue weighted by atomic mass is 16.5. The molecule has 0 heterocycles. The summed E-state index contributed by atoms with van der Waals surface area (Å²) in [5.74, 6) is 1.51. The second kappa shape index (κ2) is 6.54. The highest BCUT2D eigenvalue weighted by Crippen LogP contribution is 2.27. The molecule has 1 N–H and O–H groups in total. The Hall–Kier alpha value is -1.02. The Morgan fingerprint density at radius 1 is 1.31 bits per heavy atom. The molecule has 0 atom stereocenters. The van der Waals surface area contributed by atoms with Gasteiger partial charge in [0.25, 0.3) is 0 Å². The number of hydrogen-bond acceptors (Lipinski definition) is 2. The summed E-state index contributed by atoms with van der Waals surface area (Å²) in [7, 11) is 1.74. The number of hydrogen-bond donors (Lipinski definition) is 1. The fourth-order valence-electron chi connectivity index (χ4n) is 1.80. The Labute approximate surface area is 99.0 Å². The molecule has 0 saturated heterocycles. The Balaban J connectivity index is 2.77. The maximum absolute atomic E-state index is 5.37. The molecule has 2 nitrogen and oxygen atoms in total. The van der Waals surface area contributed by atoms with E-state index < -0.39 is 0 Å². The van der Waals surface area contributed by atoms with Gasteiger partial charge in [0.15, 0.2) is 0 Å². The third-order valence-corrected chi connectivity index (χ3v) is 2.76. The molecule has 16 heavy (non-hydrogen) atoms. The van der Waals surface area contributed by atoms with E-state index in [0.29, 0.717) is 5.92 Å². The Morgan fingerprint density at radius 3 is 2.62 bits per heavy atom. The first-order valence-corrected chi connectivity index (χ1v) is 6.06. The van der Waals surface area contributed by atoms with Crippen LogP contribution in [-0.2, 0) is 6.42 Å². The average molecular weight is 221 g/mol. The smallest absolute Gasteiger partial charge is 0.122 e. The van der Waals surface area contributed by atoms with Crippen molar-refractivity contribution in [1.29, 1.82) is 0 Å². The molecular weight excluding hydrogens is 198 g/mol. The molecule has 0 aliphatic heterocycles. The van der Waals surface area contributed by atoms with Crippen LogP contribution in [0, 0.1) is 0 Å². The van der Waals surface area contributed by atoms with Gasteiger partial charge < -0.3 is 10.1 Å². The standard InChI is InChI=1S/C14H23NO/c1-5-15-9-8-12-6-7-14(16-4)13(10-12)11(2)3/h6-7,10-11,15H,5,8-9H2,1-4H3. The maximum atomic E-state index is 5.37. The first kappa shape index (κ1) is 13.0. The second-order valence-corrected chi connectivity index (χ2v) is 4.33. The summed E-state index contributed by atoms with van der Waals surface area (Å²) in [6.07, 6.45) is 1.08. The fourth-order valence-corrected chi connectivity index (χ4v) is 1.80. The summed E-state index contributed by atoms with van der Waals surface area (Å²) in [6, 6.07) is 6.50. The number of rotatable bonds is 6. The van der Waals surface area contributed by atoms with E-state index in [1.165, 1.54) is 11.1 Å². The van der Waals surface area contributed by atoms with E-state index in [-0.39, 0.29) is 0 Å². The van der Waals surface area contributed by atoms with Crippen LogP contribution < -0.4 is 10.1 Å². The monoisotopic (exact) mass is 221 g/mol. The molecule has 0 radical (unpaired) electrons. The molecule has 0 fully saturated rings. The van der Waals surface area contributed by atoms with Crippen molar-refractivity contribution in [2.24, 2.45) is 0 Å². The van der Waals surface area contributed by atoms with Gasteiger partial charge >= 0.3 is 0 Å². The van der Waals surface area contributed by atoms with Gasteiger partial charge in [0.1, 0.15) is 5.75 Å². The number of benzene rings is 1. The van der Waals surface area contributed by atoms with Crippen molar-refractivity contribution < 1.29 is 4.74 Å². The molecule has 0 aromatic heterocycles. The van der Waals surface area contributed by atoms with E-state index in [0.717, 1.165) is 25.3 Å². The molecule has 0 unspecified atom stereocenters. The fraction of sp³-hybridized carbons (Fsp3) is 0.571. The molecular formula is C14H23NO. The van der Waals surface area contributed by atoms with E-state index in [2.05, 4.69) is 44.3 Å². The third-order valence-electron chi connectivity index (χ3n) is 2.76. The lowest BCUT2D eigenvalue weighted by atomic mass is 9.98. The van der Waals surface area contributed by atoms with Crippen molar-refractivity contribution in [3.63, 3.8) is 0 Å². The predicted molar refractivity (Wildman–Crippen MR) is 69.3 cm³/mol. The van der Waals surface area contributed by atoms with Gasteiger partial charge in [0.05, 0.1) is 7.11 Å². The predicted octanol–water partition coefficient (Wildman–Crippen LogP) is 2.97. The number of nitrogens with one attached hydrogen (secondary N) is 1. The van der Waals surface area contributed by atoms with E-state index in [9.17, 15) is 0 Å². The van der Waals surface area contributed by atoms with Gasteiger partial charge in [-0.25, -0.2) is 0 Å². The third kappa shape index (κ3) is 3.53. The van der Waals surface area contributed by atoms with Gasteiger partial charge in [-0.2, -0.15) is 0 Å². The van der Waals surface area contributed by atoms with Gasteiger partial charge in [-0.3, -0.25) is 0 Å². The van der Waals surface area contributed by atoms with Crippen molar-refractivity contribution in [1.82, 2.24) is 5.32 Å². The summed E-state index contributed by atoms with van der Waals surface area (Å²) in [4.78, 5) is 0. The van der Waals surface area contributed by atoms with Crippen molar-refractivity contribution in [3.05, 3.63) is 29.3 Å². The molecule has 1 aromatic rings. The van der Waals surface area contributed by atoms with Crippen LogP contribution in [0.4, 0.5) is 0 Å². The molecule has 90 valence electrons. The van der Waals surface area contributed by atoms with Gasteiger partial charge in [-0.1, -0.05) is 32.9 Å². The molecule has 1 rings (SSSR count). The van der Waals surface area contributed by atoms with Gasteiger partial charge in [-0.05, 0) is 42.6 Å². The van der Waals surface area contributed by atoms with Crippen LogP contribution >= 0.6 is 0 Å². The SMILES string of the molecule is CCNCCc1ccc(OC)c(C(C)C)c1. The quantitative estimate of drug-likeness (QED) is 0.746. The van der Waals surface area contributed by atoms with Crippen molar-refractivity contribution in [3.8, 4) is 5.75 Å². The second-order valence-electron chi connectivity index (χ2n) is 4.33. The van der Waals surface area contributed by atoms with Crippen LogP contribution in [0.5, 0.6) is 5.75 Å². The van der Waals surface area contributed by atoms with Gasteiger partial charge in [0, 0.05) is 0 Å². The molecule has 2 heteroatoms. The Morgan fingerprint density at radius 2 is 2.06 bits per heavy atom. The molecule has 1 aromatic carbocycles. The summed E-state index contributed by atoms with van der Waals surface area (Å²) >= 11 is 0. The minimum Gasteiger partial charge on any atom is -0.496 e. The molecule has 0 amide bonds. The first-order valence-electron chi connectivity index (χ1n) is 6.06. The lowest BCUT2D eigenvalue weighted by Crippen LogP contribution is -2.16. The lowest BCUT2D eigenvalue weighted by molar-refractivity contribution is 0.407. The van der Waals surface area contributed by atoms with Crippen LogP contribution in [0.2, 0.25) is 0 Å². The zero-order valence-electron chi connectivity index (χ0n) is 10.8. The van der Waals surface area contributed by atoms with E-state index in [1.54, 1.807) is 7.11 Å². The molecule has 0 saturated carbocycles. The lowest BCUT2D eigenvalue weighted by Gasteiger charge is -2.13. The number of methoxy groups -OCH3 is 1. The Kier molecular flexibility index (Phi) is 5.33. The summed E-state index contributed by atoms with van der Waals surface area (Å²) in [5.41, 5.74) is 2.68. The van der Waals surface area contributed by atoms with Gasteiger partial charge in [0.2, 0.25) is 0 Å². The van der Waals surface area contributed by atoms with Crippen LogP contribution in [0.15, 0.2) is 18.2 Å². The number of likely N-dealkylation sites (N-methyl/N-ethyl adjacent to an activating group) is 1. The zero-order valence-corrected chi connectivity index (χ0v) is 10.8. The maximum Gasteiger partial charge on any atom is 0.122 e. The molecule has 0 aliphatic rings. The minimum absolute atomic E-state index is 0.508. The highest BCUT2D eigenvalue weighted by Gasteiger charge is 2.07. The molecule has 0 aliphatic carbocycles. The van der Waals surface area contributed by atoms with Crippen LogP contribution in [-0.4, -0.2) is 20.2 Å². The highest BCUT2D eigenvalue weighted by molar-refractivity contribution is 5.39. The topological polar surface area (TPSA) is 21.3 Å². The van der Waals surface area contributed by atoms with E-state index in [1.807, 2.05) is 0 Å². The van der Waals surface area contributed by atoms with Gasteiger partial charge in [-0.15, -0.1) is 0 Å². The van der Waals surface area contributed by atoms with Crippen LogP contribution in [0.1, 0.15) is 37.8 Å². The zero-order chi connectivity index (χ0) is 12.0. The number of ether oxygens (including phenoxy) is 1. The summed E-state index contributed by atoms with van der Waals surface area (Å²) in [5, 5.41) is 3.34. The largest absolute Gasteiger partial charge is 0.496 e. The summed E-state index contributed by atoms with van der Waals surface area (Å²) in [6.45, 7) is 8.61. The van der Waals surface area contributed by atoms with Crippen molar-refractivity contribution >= 4 is 0 Å². The van der Waals surface area contributed by atoms with Crippen molar-refractivity contribution in [2.75, 3.05) is 20.2 Å². The van der Waals surface area contributed by atoms with E-state index in [4.69, 9.17) is 4.74 Å². The normalized spacial score (nSPS) is 10.8. The Bertz CT molecular complexity index is 321. The minimum atomic E-state index is 0.508. The average Bonchev–Trinajstić information content (AvgIpc) is 2.29. The summed E-state index contributed by atoms with van der Waals surface area (Å²) < 4.78 is 5.37. The molecule has 0 spiro atoms. The van der Waals surface area contributed by atoms with Crippen molar-refractivity contribution in [2.45, 2.75) is 33.1 Å². The van der Waals surface area contributed by atoms with Crippen LogP contribution in [0.3, 0.4) is 0 Å².